The number of anilines is 1. The van der Waals surface area contributed by atoms with E-state index in [2.05, 4.69) is 28.2 Å². The van der Waals surface area contributed by atoms with Crippen LogP contribution in [0.2, 0.25) is 0 Å². The Morgan fingerprint density at radius 1 is 1.08 bits per heavy atom. The van der Waals surface area contributed by atoms with Crippen LogP contribution in [0.15, 0.2) is 82.8 Å². The van der Waals surface area contributed by atoms with Gasteiger partial charge in [-0.25, -0.2) is 17.6 Å². The minimum atomic E-state index is -4.13. The molecular formula is C37H34FN3O7S. The number of sulfonamides is 1. The molecule has 3 N–H and O–H groups in total. The Morgan fingerprint density at radius 2 is 1.82 bits per heavy atom. The fraction of sp³-hybridized carbons (Fsp3) is 0.216. The number of benzene rings is 4. The van der Waals surface area contributed by atoms with E-state index in [1.54, 1.807) is 18.2 Å². The number of nitrogens with one attached hydrogen (secondary N) is 2. The summed E-state index contributed by atoms with van der Waals surface area (Å²) in [5.74, 6) is -2.01. The molecule has 0 saturated carbocycles. The summed E-state index contributed by atoms with van der Waals surface area (Å²) < 4.78 is 50.2. The number of likely N-dealkylation sites (N-methyl/N-ethyl adjacent to an activating group) is 1. The van der Waals surface area contributed by atoms with Gasteiger partial charge in [-0.3, -0.25) is 14.8 Å². The Labute approximate surface area is 282 Å². The molecule has 1 atom stereocenters. The van der Waals surface area contributed by atoms with Crippen molar-refractivity contribution in [3.63, 3.8) is 0 Å². The van der Waals surface area contributed by atoms with Gasteiger partial charge in [0, 0.05) is 40.7 Å². The second-order valence-electron chi connectivity index (χ2n) is 12.1. The lowest BCUT2D eigenvalue weighted by Gasteiger charge is -2.20. The molecule has 0 aliphatic heterocycles. The third-order valence-electron chi connectivity index (χ3n) is 8.85. The quantitative estimate of drug-likeness (QED) is 0.0890. The first kappa shape index (κ1) is 33.6. The highest BCUT2D eigenvalue weighted by molar-refractivity contribution is 7.91. The molecule has 0 amide bonds. The zero-order valence-electron chi connectivity index (χ0n) is 27.0. The summed E-state index contributed by atoms with van der Waals surface area (Å²) in [4.78, 5) is 22.1. The third-order valence-corrected chi connectivity index (χ3v) is 10.1. The molecule has 6 rings (SSSR count). The third kappa shape index (κ3) is 6.44. The van der Waals surface area contributed by atoms with Gasteiger partial charge in [0.25, 0.3) is 5.69 Å². The lowest BCUT2D eigenvalue weighted by molar-refractivity contribution is -0.385. The number of rotatable bonds is 12. The predicted molar refractivity (Wildman–Crippen MR) is 187 cm³/mol. The largest absolute Gasteiger partial charge is 0.477 e. The number of aromatic carboxylic acids is 1. The smallest absolute Gasteiger partial charge is 0.342 e. The van der Waals surface area contributed by atoms with E-state index < -0.39 is 37.9 Å². The summed E-state index contributed by atoms with van der Waals surface area (Å²) in [5, 5.41) is 24.9. The number of hydrogen-bond acceptors (Lipinski definition) is 7. The first-order valence-electron chi connectivity index (χ1n) is 15.7. The number of carboxylic acid groups (broad SMARTS) is 1. The van der Waals surface area contributed by atoms with Crippen molar-refractivity contribution in [2.75, 3.05) is 18.3 Å². The first-order chi connectivity index (χ1) is 23.4. The van der Waals surface area contributed by atoms with Crippen LogP contribution in [-0.2, 0) is 22.2 Å². The van der Waals surface area contributed by atoms with Crippen LogP contribution in [0.5, 0.6) is 0 Å². The van der Waals surface area contributed by atoms with Crippen molar-refractivity contribution in [3.05, 3.63) is 133 Å². The van der Waals surface area contributed by atoms with Crippen molar-refractivity contribution in [2.45, 2.75) is 38.4 Å². The van der Waals surface area contributed by atoms with Gasteiger partial charge in [0.1, 0.15) is 22.7 Å². The Kier molecular flexibility index (Phi) is 9.10. The lowest BCUT2D eigenvalue weighted by Crippen LogP contribution is -2.17. The van der Waals surface area contributed by atoms with E-state index >= 15 is 0 Å². The van der Waals surface area contributed by atoms with Gasteiger partial charge in [-0.05, 0) is 96.2 Å². The summed E-state index contributed by atoms with van der Waals surface area (Å²) in [6.07, 6.45) is 3.57. The zero-order chi connectivity index (χ0) is 35.0. The Morgan fingerprint density at radius 3 is 2.49 bits per heavy atom. The van der Waals surface area contributed by atoms with Crippen molar-refractivity contribution < 1.29 is 32.0 Å². The average molecular weight is 684 g/mol. The van der Waals surface area contributed by atoms with Crippen LogP contribution >= 0.6 is 0 Å². The fourth-order valence-corrected chi connectivity index (χ4v) is 8.03. The summed E-state index contributed by atoms with van der Waals surface area (Å²) in [7, 11) is -2.24. The molecule has 4 aromatic carbocycles. The highest BCUT2D eigenvalue weighted by Crippen LogP contribution is 2.50. The number of nitro groups is 1. The van der Waals surface area contributed by atoms with Gasteiger partial charge < -0.3 is 14.8 Å². The second kappa shape index (κ2) is 13.3. The van der Waals surface area contributed by atoms with Crippen molar-refractivity contribution >= 4 is 44.4 Å². The molecule has 12 heteroatoms. The summed E-state index contributed by atoms with van der Waals surface area (Å²) in [6, 6.07) is 19.1. The molecule has 1 aromatic heterocycles. The van der Waals surface area contributed by atoms with Crippen LogP contribution in [0.1, 0.15) is 63.0 Å². The molecule has 1 heterocycles. The van der Waals surface area contributed by atoms with Crippen LogP contribution in [-0.4, -0.2) is 38.0 Å². The van der Waals surface area contributed by atoms with E-state index in [0.717, 1.165) is 63.4 Å². The monoisotopic (exact) mass is 683 g/mol. The Balaban J connectivity index is 1.52. The molecule has 0 bridgehead atoms. The molecule has 5 aromatic rings. The minimum absolute atomic E-state index is 0.113. The van der Waals surface area contributed by atoms with Crippen LogP contribution in [0.3, 0.4) is 0 Å². The minimum Gasteiger partial charge on any atom is -0.477 e. The first-order valence-corrected chi connectivity index (χ1v) is 17.4. The molecule has 252 valence electrons. The van der Waals surface area contributed by atoms with Gasteiger partial charge >= 0.3 is 5.97 Å². The number of furan rings is 1. The molecule has 10 nitrogen and oxygen atoms in total. The van der Waals surface area contributed by atoms with Gasteiger partial charge in [0.15, 0.2) is 0 Å². The second-order valence-corrected chi connectivity index (χ2v) is 13.8. The maximum Gasteiger partial charge on any atom is 0.342 e. The van der Waals surface area contributed by atoms with E-state index in [-0.39, 0.29) is 17.4 Å². The molecule has 0 fully saturated rings. The van der Waals surface area contributed by atoms with Gasteiger partial charge in [-0.15, -0.1) is 0 Å². The van der Waals surface area contributed by atoms with Gasteiger partial charge in [0.05, 0.1) is 10.7 Å². The Bertz CT molecular complexity index is 2260. The van der Waals surface area contributed by atoms with E-state index in [9.17, 15) is 32.8 Å². The zero-order valence-corrected chi connectivity index (χ0v) is 27.9. The number of carbonyl (C=O) groups is 1. The van der Waals surface area contributed by atoms with Gasteiger partial charge in [0.2, 0.25) is 10.0 Å². The van der Waals surface area contributed by atoms with Crippen molar-refractivity contribution in [3.8, 4) is 11.3 Å². The number of halogens is 1. The summed E-state index contributed by atoms with van der Waals surface area (Å²) >= 11 is 0. The van der Waals surface area contributed by atoms with Crippen molar-refractivity contribution in [2.24, 2.45) is 0 Å². The molecular weight excluding hydrogens is 649 g/mol. The average Bonchev–Trinajstić information content (AvgIpc) is 3.60. The van der Waals surface area contributed by atoms with E-state index in [0.29, 0.717) is 35.4 Å². The SMILES string of the molecule is CCCc1c(C)c(CS(=O)(=O)Nc2ccc([N+](=O)[O-])c(C(=O)O)c2)cc2oc(-c3ccc(F)cc3)c(C3C(CNC)=Cc4ccccc43)c12. The van der Waals surface area contributed by atoms with Crippen LogP contribution in [0, 0.1) is 22.9 Å². The molecule has 0 saturated heterocycles. The predicted octanol–water partition coefficient (Wildman–Crippen LogP) is 7.80. The molecule has 49 heavy (non-hydrogen) atoms. The Hall–Kier alpha value is -5.33. The van der Waals surface area contributed by atoms with Crippen LogP contribution in [0.25, 0.3) is 28.4 Å². The van der Waals surface area contributed by atoms with Crippen molar-refractivity contribution in [1.29, 1.82) is 0 Å². The normalized spacial score (nSPS) is 14.1. The molecule has 0 radical (unpaired) electrons. The maximum atomic E-state index is 14.1. The van der Waals surface area contributed by atoms with Gasteiger partial charge in [-0.2, -0.15) is 0 Å². The molecule has 0 spiro atoms. The number of nitrogens with zero attached hydrogens (tertiary/aromatic N) is 1. The number of hydrogen-bond donors (Lipinski definition) is 3. The maximum absolute atomic E-state index is 14.1. The van der Waals surface area contributed by atoms with E-state index in [1.165, 1.54) is 12.1 Å². The fourth-order valence-electron chi connectivity index (χ4n) is 6.76. The topological polar surface area (TPSA) is 152 Å². The molecule has 1 aliphatic carbocycles. The summed E-state index contributed by atoms with van der Waals surface area (Å²) in [6.45, 7) is 4.54. The number of carboxylic acids is 1. The van der Waals surface area contributed by atoms with Crippen molar-refractivity contribution in [1.82, 2.24) is 5.32 Å². The number of fused-ring (bicyclic) bond motifs is 2. The highest BCUT2D eigenvalue weighted by atomic mass is 32.2. The molecule has 1 unspecified atom stereocenters. The number of nitro benzene ring substituents is 1. The number of aryl methyl sites for hydroxylation is 1. The van der Waals surface area contributed by atoms with Gasteiger partial charge in [-0.1, -0.05) is 43.7 Å². The van der Waals surface area contributed by atoms with Crippen LogP contribution < -0.4 is 10.0 Å². The molecule has 1 aliphatic rings. The van der Waals surface area contributed by atoms with E-state index in [4.69, 9.17) is 4.42 Å². The lowest BCUT2D eigenvalue weighted by atomic mass is 9.82. The summed E-state index contributed by atoms with van der Waals surface area (Å²) in [5.41, 5.74) is 6.24. The highest BCUT2D eigenvalue weighted by Gasteiger charge is 2.34. The van der Waals surface area contributed by atoms with E-state index in [1.807, 2.05) is 33.0 Å². The standard InChI is InChI=1S/C37H34FN3O7S/c1-4-7-28-21(2)25(20-49(46,47)40-27-14-15-31(41(44)45)30(18-27)37(42)43)17-32-34(28)35(36(48-32)22-10-12-26(38)13-11-22)33-24(19-39-3)16-23-8-5-6-9-29(23)33/h5-6,8-18,33,39-40H,4,7,19-20H2,1-3H3,(H,42,43). The van der Waals surface area contributed by atoms with Crippen LogP contribution in [0.4, 0.5) is 15.8 Å².